The lowest BCUT2D eigenvalue weighted by Crippen LogP contribution is -2.19. The van der Waals surface area contributed by atoms with E-state index in [1.54, 1.807) is 39.1 Å². The highest BCUT2D eigenvalue weighted by Crippen LogP contribution is 2.19. The molecule has 0 amide bonds. The van der Waals surface area contributed by atoms with Gasteiger partial charge in [-0.3, -0.25) is 4.79 Å². The lowest BCUT2D eigenvalue weighted by Gasteiger charge is -2.16. The molecule has 0 aliphatic rings. The number of aromatic amines is 1. The highest BCUT2D eigenvalue weighted by molar-refractivity contribution is 5.79. The first kappa shape index (κ1) is 19.9. The summed E-state index contributed by atoms with van der Waals surface area (Å²) in [6.07, 6.45) is 3.03. The molecule has 0 aliphatic carbocycles. The number of nitrogens with zero attached hydrogens (tertiary/aromatic N) is 1. The Morgan fingerprint density at radius 2 is 1.96 bits per heavy atom. The van der Waals surface area contributed by atoms with Gasteiger partial charge in [-0.2, -0.15) is 0 Å². The van der Waals surface area contributed by atoms with E-state index in [2.05, 4.69) is 9.97 Å². The number of rotatable bonds is 8. The first-order valence-corrected chi connectivity index (χ1v) is 9.38. The van der Waals surface area contributed by atoms with Crippen molar-refractivity contribution in [2.45, 2.75) is 45.8 Å². The molecule has 28 heavy (non-hydrogen) atoms. The van der Waals surface area contributed by atoms with E-state index in [1.807, 2.05) is 24.3 Å². The van der Waals surface area contributed by atoms with E-state index in [4.69, 9.17) is 9.47 Å². The zero-order valence-corrected chi connectivity index (χ0v) is 16.5. The van der Waals surface area contributed by atoms with Gasteiger partial charge in [-0.1, -0.05) is 12.1 Å². The fourth-order valence-corrected chi connectivity index (χ4v) is 2.93. The van der Waals surface area contributed by atoms with Crippen molar-refractivity contribution >= 4 is 10.9 Å². The van der Waals surface area contributed by atoms with Crippen LogP contribution in [0.15, 0.2) is 47.4 Å². The smallest absolute Gasteiger partial charge is 0.217 e. The van der Waals surface area contributed by atoms with Gasteiger partial charge in [-0.05, 0) is 51.8 Å². The van der Waals surface area contributed by atoms with Gasteiger partial charge in [-0.25, -0.2) is 4.98 Å². The van der Waals surface area contributed by atoms with Gasteiger partial charge in [0.1, 0.15) is 12.4 Å². The molecular weight excluding hydrogens is 356 g/mol. The quantitative estimate of drug-likeness (QED) is 0.580. The number of hydrogen-bond acceptors (Lipinski definition) is 5. The molecule has 2 aromatic heterocycles. The zero-order chi connectivity index (χ0) is 20.1. The van der Waals surface area contributed by atoms with E-state index < -0.39 is 5.60 Å². The minimum Gasteiger partial charge on any atom is -0.493 e. The Labute approximate surface area is 164 Å². The third-order valence-corrected chi connectivity index (χ3v) is 4.52. The van der Waals surface area contributed by atoms with Crippen molar-refractivity contribution in [1.29, 1.82) is 0 Å². The van der Waals surface area contributed by atoms with Gasteiger partial charge in [0.15, 0.2) is 5.43 Å². The van der Waals surface area contributed by atoms with Gasteiger partial charge < -0.3 is 19.6 Å². The molecule has 0 spiro atoms. The topological polar surface area (TPSA) is 84.4 Å². The molecule has 3 rings (SSSR count). The van der Waals surface area contributed by atoms with Crippen LogP contribution in [-0.4, -0.2) is 27.3 Å². The van der Waals surface area contributed by atoms with Crippen molar-refractivity contribution in [2.24, 2.45) is 0 Å². The summed E-state index contributed by atoms with van der Waals surface area (Å²) in [5, 5.41) is 10.4. The van der Waals surface area contributed by atoms with E-state index in [9.17, 15) is 9.90 Å². The zero-order valence-electron chi connectivity index (χ0n) is 16.5. The predicted molar refractivity (Wildman–Crippen MR) is 109 cm³/mol. The standard InChI is InChI=1S/C22H26N2O4/c1-15-19(24-18-8-5-4-7-17(18)21(15)25)14-28-20-13-16(9-11-23-20)27-12-6-10-22(2,3)26/h4-5,7-9,11,13,26H,6,10,12,14H2,1-3H3,(H,24,25). The van der Waals surface area contributed by atoms with Gasteiger partial charge in [0, 0.05) is 28.7 Å². The third-order valence-electron chi connectivity index (χ3n) is 4.52. The van der Waals surface area contributed by atoms with Crippen LogP contribution in [0.3, 0.4) is 0 Å². The summed E-state index contributed by atoms with van der Waals surface area (Å²) in [4.78, 5) is 20.0. The first-order chi connectivity index (χ1) is 13.3. The van der Waals surface area contributed by atoms with Crippen molar-refractivity contribution in [1.82, 2.24) is 9.97 Å². The highest BCUT2D eigenvalue weighted by atomic mass is 16.5. The summed E-state index contributed by atoms with van der Waals surface area (Å²) in [6.45, 7) is 6.07. The van der Waals surface area contributed by atoms with E-state index in [0.717, 1.165) is 17.6 Å². The average Bonchev–Trinajstić information content (AvgIpc) is 2.67. The molecule has 0 saturated carbocycles. The highest BCUT2D eigenvalue weighted by Gasteiger charge is 2.12. The van der Waals surface area contributed by atoms with Gasteiger partial charge in [0.2, 0.25) is 5.88 Å². The Hall–Kier alpha value is -2.86. The molecule has 0 radical (unpaired) electrons. The van der Waals surface area contributed by atoms with E-state index in [0.29, 0.717) is 35.6 Å². The van der Waals surface area contributed by atoms with E-state index >= 15 is 0 Å². The van der Waals surface area contributed by atoms with E-state index in [1.165, 1.54) is 0 Å². The van der Waals surface area contributed by atoms with Crippen LogP contribution in [-0.2, 0) is 6.61 Å². The molecule has 6 nitrogen and oxygen atoms in total. The summed E-state index contributed by atoms with van der Waals surface area (Å²) in [5.41, 5.74) is 1.46. The largest absolute Gasteiger partial charge is 0.493 e. The van der Waals surface area contributed by atoms with Gasteiger partial charge in [-0.15, -0.1) is 0 Å². The maximum atomic E-state index is 12.5. The lowest BCUT2D eigenvalue weighted by molar-refractivity contribution is 0.0641. The average molecular weight is 382 g/mol. The molecule has 3 aromatic rings. The maximum absolute atomic E-state index is 12.5. The number of aliphatic hydroxyl groups is 1. The summed E-state index contributed by atoms with van der Waals surface area (Å²) < 4.78 is 11.5. The van der Waals surface area contributed by atoms with Crippen LogP contribution in [0.25, 0.3) is 10.9 Å². The number of benzene rings is 1. The molecule has 2 N–H and O–H groups in total. The normalized spacial score (nSPS) is 11.6. The van der Waals surface area contributed by atoms with Crippen molar-refractivity contribution in [3.63, 3.8) is 0 Å². The summed E-state index contributed by atoms with van der Waals surface area (Å²) in [7, 11) is 0. The number of ether oxygens (including phenoxy) is 2. The minimum atomic E-state index is -0.690. The number of para-hydroxylation sites is 1. The van der Waals surface area contributed by atoms with Gasteiger partial charge >= 0.3 is 0 Å². The number of aromatic nitrogens is 2. The number of H-pyrrole nitrogens is 1. The molecule has 1 aromatic carbocycles. The third kappa shape index (κ3) is 5.10. The van der Waals surface area contributed by atoms with Crippen LogP contribution in [0, 0.1) is 6.92 Å². The first-order valence-electron chi connectivity index (χ1n) is 9.38. The molecular formula is C22H26N2O4. The SMILES string of the molecule is Cc1c(COc2cc(OCCCC(C)(C)O)ccn2)[nH]c2ccccc2c1=O. The fourth-order valence-electron chi connectivity index (χ4n) is 2.93. The van der Waals surface area contributed by atoms with Crippen LogP contribution < -0.4 is 14.9 Å². The summed E-state index contributed by atoms with van der Waals surface area (Å²) in [5.74, 6) is 1.08. The second-order valence-corrected chi connectivity index (χ2v) is 7.49. The molecule has 0 fully saturated rings. The Morgan fingerprint density at radius 1 is 1.18 bits per heavy atom. The number of pyridine rings is 2. The van der Waals surface area contributed by atoms with Crippen molar-refractivity contribution in [3.05, 3.63) is 64.1 Å². The number of nitrogens with one attached hydrogen (secondary N) is 1. The maximum Gasteiger partial charge on any atom is 0.217 e. The molecule has 2 heterocycles. The van der Waals surface area contributed by atoms with Crippen LogP contribution in [0.4, 0.5) is 0 Å². The molecule has 148 valence electrons. The fraction of sp³-hybridized carbons (Fsp3) is 0.364. The van der Waals surface area contributed by atoms with E-state index in [-0.39, 0.29) is 12.0 Å². The Bertz CT molecular complexity index is 1010. The van der Waals surface area contributed by atoms with Crippen LogP contribution in [0.2, 0.25) is 0 Å². The molecule has 0 unspecified atom stereocenters. The number of fused-ring (bicyclic) bond motifs is 1. The predicted octanol–water partition coefficient (Wildman–Crippen LogP) is 3.74. The summed E-state index contributed by atoms with van der Waals surface area (Å²) >= 11 is 0. The Balaban J connectivity index is 1.64. The Kier molecular flexibility index (Phi) is 5.99. The molecule has 0 atom stereocenters. The Morgan fingerprint density at radius 3 is 2.75 bits per heavy atom. The van der Waals surface area contributed by atoms with Crippen LogP contribution in [0.1, 0.15) is 37.9 Å². The molecule has 0 aliphatic heterocycles. The van der Waals surface area contributed by atoms with Gasteiger partial charge in [0.05, 0.1) is 17.9 Å². The van der Waals surface area contributed by atoms with Crippen LogP contribution >= 0.6 is 0 Å². The minimum absolute atomic E-state index is 0.00445. The second kappa shape index (κ2) is 8.44. The van der Waals surface area contributed by atoms with Crippen molar-refractivity contribution < 1.29 is 14.6 Å². The lowest BCUT2D eigenvalue weighted by atomic mass is 10.0. The summed E-state index contributed by atoms with van der Waals surface area (Å²) in [6, 6.07) is 10.9. The molecule has 0 bridgehead atoms. The molecule has 6 heteroatoms. The number of hydrogen-bond donors (Lipinski definition) is 2. The van der Waals surface area contributed by atoms with Crippen molar-refractivity contribution in [3.8, 4) is 11.6 Å². The van der Waals surface area contributed by atoms with Crippen LogP contribution in [0.5, 0.6) is 11.6 Å². The van der Waals surface area contributed by atoms with Crippen molar-refractivity contribution in [2.75, 3.05) is 6.61 Å². The van der Waals surface area contributed by atoms with Gasteiger partial charge in [0.25, 0.3) is 0 Å². The monoisotopic (exact) mass is 382 g/mol. The second-order valence-electron chi connectivity index (χ2n) is 7.49. The molecule has 0 saturated heterocycles.